The molecule has 0 N–H and O–H groups in total. The van der Waals surface area contributed by atoms with E-state index in [2.05, 4.69) is 37.5 Å². The Hall–Kier alpha value is -1.57. The van der Waals surface area contributed by atoms with Crippen molar-refractivity contribution in [2.24, 2.45) is 0 Å². The molecular formula is C26H36Cl2N2O3S. The van der Waals surface area contributed by atoms with Crippen molar-refractivity contribution >= 4 is 48.1 Å². The van der Waals surface area contributed by atoms with E-state index in [4.69, 9.17) is 4.74 Å². The van der Waals surface area contributed by atoms with Gasteiger partial charge in [0.2, 0.25) is 0 Å². The van der Waals surface area contributed by atoms with Crippen LogP contribution in [0.3, 0.4) is 0 Å². The second-order valence-corrected chi connectivity index (χ2v) is 9.01. The van der Waals surface area contributed by atoms with Crippen LogP contribution in [0.1, 0.15) is 61.3 Å². The zero-order valence-electron chi connectivity index (χ0n) is 20.5. The van der Waals surface area contributed by atoms with E-state index in [1.807, 2.05) is 36.4 Å². The van der Waals surface area contributed by atoms with Gasteiger partial charge in [0.15, 0.2) is 11.6 Å². The summed E-state index contributed by atoms with van der Waals surface area (Å²) in [6.07, 6.45) is 1.02. The van der Waals surface area contributed by atoms with Gasteiger partial charge in [-0.15, -0.1) is 24.8 Å². The molecule has 8 heteroatoms. The third-order valence-corrected chi connectivity index (χ3v) is 7.17. The van der Waals surface area contributed by atoms with Crippen LogP contribution in [0.15, 0.2) is 46.2 Å². The highest BCUT2D eigenvalue weighted by molar-refractivity contribution is 7.99. The molecule has 1 aliphatic rings. The van der Waals surface area contributed by atoms with Gasteiger partial charge in [0.1, 0.15) is 11.5 Å². The van der Waals surface area contributed by atoms with Gasteiger partial charge in [-0.2, -0.15) is 0 Å². The van der Waals surface area contributed by atoms with Gasteiger partial charge < -0.3 is 14.5 Å². The van der Waals surface area contributed by atoms with Crippen LogP contribution in [-0.4, -0.2) is 60.6 Å². The highest BCUT2D eigenvalue weighted by Crippen LogP contribution is 2.47. The fourth-order valence-corrected chi connectivity index (χ4v) is 4.79. The first kappa shape index (κ1) is 30.5. The van der Waals surface area contributed by atoms with E-state index in [0.29, 0.717) is 24.2 Å². The Bertz CT molecular complexity index is 886. The third kappa shape index (κ3) is 7.72. The van der Waals surface area contributed by atoms with E-state index >= 15 is 0 Å². The van der Waals surface area contributed by atoms with Crippen LogP contribution in [0, 0.1) is 0 Å². The van der Waals surface area contributed by atoms with Crippen LogP contribution < -0.4 is 4.74 Å². The fourth-order valence-electron chi connectivity index (χ4n) is 3.82. The van der Waals surface area contributed by atoms with Crippen LogP contribution >= 0.6 is 36.6 Å². The Morgan fingerprint density at radius 3 is 1.74 bits per heavy atom. The van der Waals surface area contributed by atoms with Crippen molar-refractivity contribution < 1.29 is 14.3 Å². The van der Waals surface area contributed by atoms with E-state index < -0.39 is 0 Å². The van der Waals surface area contributed by atoms with Gasteiger partial charge in [-0.3, -0.25) is 9.59 Å². The first-order valence-electron chi connectivity index (χ1n) is 11.6. The number of carbonyl (C=O) groups excluding carboxylic acids is 2. The molecule has 5 nitrogen and oxygen atoms in total. The van der Waals surface area contributed by atoms with Crippen molar-refractivity contribution in [1.29, 1.82) is 0 Å². The number of hydrogen-bond acceptors (Lipinski definition) is 6. The molecule has 0 unspecified atom stereocenters. The number of rotatable bonds is 12. The highest BCUT2D eigenvalue weighted by atomic mass is 35.5. The van der Waals surface area contributed by atoms with Gasteiger partial charge in [-0.1, -0.05) is 45.5 Å². The van der Waals surface area contributed by atoms with Crippen molar-refractivity contribution in [1.82, 2.24) is 9.80 Å². The number of ketones is 2. The maximum Gasteiger partial charge on any atom is 0.164 e. The Balaban J connectivity index is 0.00000289. The molecule has 0 saturated heterocycles. The molecule has 0 fully saturated rings. The summed E-state index contributed by atoms with van der Waals surface area (Å²) in [4.78, 5) is 31.7. The summed E-state index contributed by atoms with van der Waals surface area (Å²) in [6.45, 7) is 13.8. The standard InChI is InChI=1S/C26H34N2O3S.2ClH/c1-5-27(6-2)15-13-21(29)19-10-12-25-24(17-19)31-23-11-9-20(18-26(23)32-25)22(30)14-16-28(7-3)8-4;;/h9-12,17-18H,5-8,13-16H2,1-4H3;2*1H. The fraction of sp³-hybridized carbons (Fsp3) is 0.462. The molecule has 1 heterocycles. The third-order valence-electron chi connectivity index (χ3n) is 6.07. The van der Waals surface area contributed by atoms with Gasteiger partial charge in [0, 0.05) is 37.1 Å². The van der Waals surface area contributed by atoms with Crippen molar-refractivity contribution in [2.45, 2.75) is 50.3 Å². The quantitative estimate of drug-likeness (QED) is 0.247. The minimum absolute atomic E-state index is 0. The van der Waals surface area contributed by atoms with Crippen molar-refractivity contribution in [3.05, 3.63) is 47.5 Å². The second-order valence-electron chi connectivity index (χ2n) is 7.93. The lowest BCUT2D eigenvalue weighted by Gasteiger charge is -2.21. The molecule has 2 aromatic rings. The smallest absolute Gasteiger partial charge is 0.164 e. The minimum Gasteiger partial charge on any atom is -0.455 e. The van der Waals surface area contributed by atoms with E-state index in [9.17, 15) is 9.59 Å². The molecule has 0 aliphatic carbocycles. The maximum atomic E-state index is 12.7. The van der Waals surface area contributed by atoms with Gasteiger partial charge in [-0.05, 0) is 56.5 Å². The zero-order chi connectivity index (χ0) is 23.1. The average molecular weight is 528 g/mol. The predicted octanol–water partition coefficient (Wildman–Crippen LogP) is 6.62. The summed E-state index contributed by atoms with van der Waals surface area (Å²) in [7, 11) is 0. The monoisotopic (exact) mass is 526 g/mol. The SMILES string of the molecule is CCN(CC)CCC(=O)c1ccc2c(c1)Oc1ccc(C(=O)CCN(CC)CC)cc1S2.Cl.Cl. The highest BCUT2D eigenvalue weighted by Gasteiger charge is 2.21. The number of hydrogen-bond donors (Lipinski definition) is 0. The number of halogens is 2. The molecule has 0 amide bonds. The van der Waals surface area contributed by atoms with Gasteiger partial charge in [0.05, 0.1) is 9.79 Å². The van der Waals surface area contributed by atoms with Crippen LogP contribution in [0.2, 0.25) is 0 Å². The maximum absolute atomic E-state index is 12.7. The average Bonchev–Trinajstić information content (AvgIpc) is 2.82. The molecular weight excluding hydrogens is 491 g/mol. The number of carbonyl (C=O) groups is 2. The number of ether oxygens (including phenoxy) is 1. The molecule has 34 heavy (non-hydrogen) atoms. The lowest BCUT2D eigenvalue weighted by molar-refractivity contribution is 0.0958. The minimum atomic E-state index is 0. The number of Topliss-reactive ketones (excluding diaryl/α,β-unsaturated/α-hetero) is 2. The Morgan fingerprint density at radius 2 is 1.21 bits per heavy atom. The van der Waals surface area contributed by atoms with Crippen molar-refractivity contribution in [3.8, 4) is 11.5 Å². The first-order valence-corrected chi connectivity index (χ1v) is 12.5. The molecule has 0 atom stereocenters. The molecule has 1 aliphatic heterocycles. The first-order chi connectivity index (χ1) is 15.5. The predicted molar refractivity (Wildman–Crippen MR) is 145 cm³/mol. The molecule has 2 aromatic carbocycles. The summed E-state index contributed by atoms with van der Waals surface area (Å²) in [5.41, 5.74) is 1.40. The summed E-state index contributed by atoms with van der Waals surface area (Å²) >= 11 is 1.59. The lowest BCUT2D eigenvalue weighted by atomic mass is 10.1. The molecule has 0 aromatic heterocycles. The number of fused-ring (bicyclic) bond motifs is 2. The van der Waals surface area contributed by atoms with Crippen LogP contribution in [0.25, 0.3) is 0 Å². The molecule has 0 spiro atoms. The van der Waals surface area contributed by atoms with Gasteiger partial charge in [0.25, 0.3) is 0 Å². The van der Waals surface area contributed by atoms with E-state index in [0.717, 1.165) is 60.4 Å². The van der Waals surface area contributed by atoms with Crippen LogP contribution in [-0.2, 0) is 0 Å². The second kappa shape index (κ2) is 14.7. The number of nitrogens with zero attached hydrogens (tertiary/aromatic N) is 2. The topological polar surface area (TPSA) is 49.9 Å². The van der Waals surface area contributed by atoms with Crippen molar-refractivity contribution in [2.75, 3.05) is 39.3 Å². The summed E-state index contributed by atoms with van der Waals surface area (Å²) in [6, 6.07) is 11.3. The number of benzene rings is 2. The van der Waals surface area contributed by atoms with Crippen LogP contribution in [0.4, 0.5) is 0 Å². The molecule has 0 radical (unpaired) electrons. The van der Waals surface area contributed by atoms with Crippen LogP contribution in [0.5, 0.6) is 11.5 Å². The van der Waals surface area contributed by atoms with E-state index in [-0.39, 0.29) is 36.4 Å². The molecule has 0 bridgehead atoms. The largest absolute Gasteiger partial charge is 0.455 e. The summed E-state index contributed by atoms with van der Waals surface area (Å²) in [5, 5.41) is 0. The Labute approximate surface area is 220 Å². The Kier molecular flexibility index (Phi) is 13.2. The van der Waals surface area contributed by atoms with Gasteiger partial charge in [-0.25, -0.2) is 0 Å². The molecule has 3 rings (SSSR count). The Morgan fingerprint density at radius 1 is 0.706 bits per heavy atom. The van der Waals surface area contributed by atoms with Crippen molar-refractivity contribution in [3.63, 3.8) is 0 Å². The van der Waals surface area contributed by atoms with E-state index in [1.165, 1.54) is 0 Å². The lowest BCUT2D eigenvalue weighted by Crippen LogP contribution is -2.25. The van der Waals surface area contributed by atoms with E-state index in [1.54, 1.807) is 11.8 Å². The van der Waals surface area contributed by atoms with Gasteiger partial charge >= 0.3 is 0 Å². The summed E-state index contributed by atoms with van der Waals surface area (Å²) < 4.78 is 6.10. The molecule has 188 valence electrons. The molecule has 0 saturated carbocycles. The summed E-state index contributed by atoms with van der Waals surface area (Å²) in [5.74, 6) is 1.72. The normalized spacial score (nSPS) is 11.7. The zero-order valence-corrected chi connectivity index (χ0v) is 22.9.